The van der Waals surface area contributed by atoms with E-state index in [1.165, 1.54) is 40.0 Å². The van der Waals surface area contributed by atoms with Crippen LogP contribution in [0.15, 0.2) is 30.5 Å². The third-order valence-corrected chi connectivity index (χ3v) is 3.24. The van der Waals surface area contributed by atoms with Crippen LogP contribution in [-0.4, -0.2) is 49.5 Å². The first kappa shape index (κ1) is 17.0. The van der Waals surface area contributed by atoms with Gasteiger partial charge in [-0.1, -0.05) is 0 Å². The molecule has 0 bridgehead atoms. The maximum Gasteiger partial charge on any atom is 0.278 e. The maximum atomic E-state index is 13.0. The van der Waals surface area contributed by atoms with Crippen molar-refractivity contribution in [1.29, 1.82) is 0 Å². The molecular formula is C16H20FN3O3. The molecule has 2 aromatic rings. The smallest absolute Gasteiger partial charge is 0.278 e. The fourth-order valence-corrected chi connectivity index (χ4v) is 2.19. The van der Waals surface area contributed by atoms with E-state index >= 15 is 0 Å². The number of hydrogen-bond acceptors (Lipinski definition) is 4. The van der Waals surface area contributed by atoms with Gasteiger partial charge in [-0.05, 0) is 45.0 Å². The number of carbonyl (C=O) groups excluding carboxylic acids is 1. The van der Waals surface area contributed by atoms with Crippen LogP contribution in [0.2, 0.25) is 0 Å². The highest BCUT2D eigenvalue weighted by Crippen LogP contribution is 2.21. The summed E-state index contributed by atoms with van der Waals surface area (Å²) in [6.07, 6.45) is 1.29. The second-order valence-corrected chi connectivity index (χ2v) is 5.92. The fourth-order valence-electron chi connectivity index (χ4n) is 2.19. The molecule has 0 aliphatic rings. The molecule has 6 nitrogen and oxygen atoms in total. The number of halogens is 1. The summed E-state index contributed by atoms with van der Waals surface area (Å²) < 4.78 is 14.3. The largest absolute Gasteiger partial charge is 0.504 e. The Morgan fingerprint density at radius 2 is 1.96 bits per heavy atom. The Labute approximate surface area is 133 Å². The third-order valence-electron chi connectivity index (χ3n) is 3.24. The van der Waals surface area contributed by atoms with Gasteiger partial charge in [-0.3, -0.25) is 4.79 Å². The van der Waals surface area contributed by atoms with Gasteiger partial charge in [0, 0.05) is 13.1 Å². The summed E-state index contributed by atoms with van der Waals surface area (Å²) in [7, 11) is 0. The minimum atomic E-state index is -1.05. The molecule has 1 heterocycles. The zero-order chi connectivity index (χ0) is 17.2. The zero-order valence-electron chi connectivity index (χ0n) is 13.3. The lowest BCUT2D eigenvalue weighted by Gasteiger charge is -2.27. The lowest BCUT2D eigenvalue weighted by atomic mass is 10.1. The van der Waals surface area contributed by atoms with Gasteiger partial charge in [0.1, 0.15) is 5.82 Å². The topological polar surface area (TPSA) is 78.6 Å². The van der Waals surface area contributed by atoms with Crippen molar-refractivity contribution in [2.45, 2.75) is 26.4 Å². The molecule has 0 aliphatic heterocycles. The molecule has 0 aliphatic carbocycles. The molecule has 0 unspecified atom stereocenters. The van der Waals surface area contributed by atoms with Gasteiger partial charge in [0.25, 0.3) is 5.91 Å². The number of carbonyl (C=O) groups is 1. The maximum absolute atomic E-state index is 13.0. The van der Waals surface area contributed by atoms with Crippen molar-refractivity contribution in [3.05, 3.63) is 42.0 Å². The van der Waals surface area contributed by atoms with Gasteiger partial charge in [-0.2, -0.15) is 5.10 Å². The Kier molecular flexibility index (Phi) is 4.70. The normalized spacial score (nSPS) is 11.5. The summed E-state index contributed by atoms with van der Waals surface area (Å²) in [5.41, 5.74) is -0.646. The van der Waals surface area contributed by atoms with Crippen LogP contribution < -0.4 is 0 Å². The standard InChI is InChI=1S/C16H20FN3O3/c1-4-19(10-16(2,3)23)15(22)14-13(21)9-20(18-14)12-7-5-11(17)6-8-12/h5-9,21,23H,4,10H2,1-3H3. The Balaban J connectivity index is 2.29. The van der Waals surface area contributed by atoms with Crippen molar-refractivity contribution in [3.63, 3.8) is 0 Å². The van der Waals surface area contributed by atoms with Crippen LogP contribution in [0.5, 0.6) is 5.75 Å². The van der Waals surface area contributed by atoms with Gasteiger partial charge < -0.3 is 15.1 Å². The van der Waals surface area contributed by atoms with E-state index in [0.29, 0.717) is 12.2 Å². The van der Waals surface area contributed by atoms with E-state index in [1.807, 2.05) is 0 Å². The SMILES string of the molecule is CCN(CC(C)(C)O)C(=O)c1nn(-c2ccc(F)cc2)cc1O. The predicted molar refractivity (Wildman–Crippen MR) is 83.1 cm³/mol. The highest BCUT2D eigenvalue weighted by molar-refractivity contribution is 5.94. The second-order valence-electron chi connectivity index (χ2n) is 5.92. The molecule has 0 saturated heterocycles. The number of hydrogen-bond donors (Lipinski definition) is 2. The van der Waals surface area contributed by atoms with Crippen LogP contribution in [0.25, 0.3) is 5.69 Å². The molecule has 2 rings (SSSR count). The Morgan fingerprint density at radius 1 is 1.35 bits per heavy atom. The summed E-state index contributed by atoms with van der Waals surface area (Å²) in [6.45, 7) is 5.45. The lowest BCUT2D eigenvalue weighted by molar-refractivity contribution is 0.0309. The molecule has 2 N–H and O–H groups in total. The zero-order valence-corrected chi connectivity index (χ0v) is 13.3. The third kappa shape index (κ3) is 4.07. The van der Waals surface area contributed by atoms with E-state index in [1.54, 1.807) is 20.8 Å². The minimum Gasteiger partial charge on any atom is -0.504 e. The highest BCUT2D eigenvalue weighted by atomic mass is 19.1. The minimum absolute atomic E-state index is 0.111. The molecule has 0 atom stereocenters. The van der Waals surface area contributed by atoms with Crippen molar-refractivity contribution in [2.24, 2.45) is 0 Å². The Hall–Kier alpha value is -2.41. The van der Waals surface area contributed by atoms with Crippen molar-refractivity contribution in [1.82, 2.24) is 14.7 Å². The Bertz CT molecular complexity index is 690. The first-order valence-electron chi connectivity index (χ1n) is 7.27. The van der Waals surface area contributed by atoms with Gasteiger partial charge in [0.05, 0.1) is 17.5 Å². The average molecular weight is 321 g/mol. The summed E-state index contributed by atoms with van der Waals surface area (Å²) in [5, 5.41) is 23.9. The molecule has 7 heteroatoms. The highest BCUT2D eigenvalue weighted by Gasteiger charge is 2.26. The summed E-state index contributed by atoms with van der Waals surface area (Å²) >= 11 is 0. The molecule has 1 amide bonds. The lowest BCUT2D eigenvalue weighted by Crippen LogP contribution is -2.42. The number of aliphatic hydroxyl groups is 1. The summed E-state index contributed by atoms with van der Waals surface area (Å²) in [5.74, 6) is -1.13. The quantitative estimate of drug-likeness (QED) is 0.882. The predicted octanol–water partition coefficient (Wildman–Crippen LogP) is 1.95. The van der Waals surface area contributed by atoms with Crippen LogP contribution in [0.3, 0.4) is 0 Å². The van der Waals surface area contributed by atoms with Crippen molar-refractivity contribution < 1.29 is 19.4 Å². The van der Waals surface area contributed by atoms with E-state index in [4.69, 9.17) is 0 Å². The van der Waals surface area contributed by atoms with Gasteiger partial charge in [0.15, 0.2) is 11.4 Å². The molecule has 0 spiro atoms. The van der Waals surface area contributed by atoms with Gasteiger partial charge in [-0.25, -0.2) is 9.07 Å². The number of nitrogens with zero attached hydrogens (tertiary/aromatic N) is 3. The molecule has 1 aromatic carbocycles. The number of benzene rings is 1. The number of amides is 1. The summed E-state index contributed by atoms with van der Waals surface area (Å²) in [6, 6.07) is 5.51. The van der Waals surface area contributed by atoms with Crippen LogP contribution >= 0.6 is 0 Å². The molecular weight excluding hydrogens is 301 g/mol. The van der Waals surface area contributed by atoms with E-state index in [0.717, 1.165) is 0 Å². The van der Waals surface area contributed by atoms with Crippen LogP contribution in [0.1, 0.15) is 31.3 Å². The van der Waals surface area contributed by atoms with Gasteiger partial charge in [-0.15, -0.1) is 0 Å². The first-order valence-corrected chi connectivity index (χ1v) is 7.27. The van der Waals surface area contributed by atoms with E-state index < -0.39 is 11.5 Å². The molecule has 0 radical (unpaired) electrons. The number of aromatic nitrogens is 2. The molecule has 124 valence electrons. The fraction of sp³-hybridized carbons (Fsp3) is 0.375. The number of aromatic hydroxyl groups is 1. The van der Waals surface area contributed by atoms with Gasteiger partial charge in [0.2, 0.25) is 0 Å². The van der Waals surface area contributed by atoms with Crippen LogP contribution in [0, 0.1) is 5.82 Å². The Morgan fingerprint density at radius 3 is 2.48 bits per heavy atom. The molecule has 0 saturated carbocycles. The van der Waals surface area contributed by atoms with Crippen molar-refractivity contribution in [3.8, 4) is 11.4 Å². The number of rotatable bonds is 5. The number of likely N-dealkylation sites (N-methyl/N-ethyl adjacent to an activating group) is 1. The van der Waals surface area contributed by atoms with Crippen molar-refractivity contribution >= 4 is 5.91 Å². The molecule has 1 aromatic heterocycles. The molecule has 23 heavy (non-hydrogen) atoms. The van der Waals surface area contributed by atoms with E-state index in [9.17, 15) is 19.4 Å². The first-order chi connectivity index (χ1) is 10.7. The summed E-state index contributed by atoms with van der Waals surface area (Å²) in [4.78, 5) is 13.9. The monoisotopic (exact) mass is 321 g/mol. The van der Waals surface area contributed by atoms with Crippen LogP contribution in [0.4, 0.5) is 4.39 Å². The van der Waals surface area contributed by atoms with E-state index in [2.05, 4.69) is 5.10 Å². The average Bonchev–Trinajstić information content (AvgIpc) is 2.86. The van der Waals surface area contributed by atoms with Crippen molar-refractivity contribution in [2.75, 3.05) is 13.1 Å². The molecule has 0 fully saturated rings. The second kappa shape index (κ2) is 6.37. The van der Waals surface area contributed by atoms with E-state index in [-0.39, 0.29) is 23.8 Å². The van der Waals surface area contributed by atoms with Gasteiger partial charge >= 0.3 is 0 Å². The van der Waals surface area contributed by atoms with Crippen LogP contribution in [-0.2, 0) is 0 Å².